The van der Waals surface area contributed by atoms with E-state index in [1.807, 2.05) is 18.2 Å². The van der Waals surface area contributed by atoms with Gasteiger partial charge in [0.25, 0.3) is 0 Å². The minimum absolute atomic E-state index is 0.326. The minimum Gasteiger partial charge on any atom is -0.508 e. The van der Waals surface area contributed by atoms with E-state index in [0.29, 0.717) is 16.8 Å². The molecule has 0 aromatic heterocycles. The van der Waals surface area contributed by atoms with Crippen molar-refractivity contribution in [2.24, 2.45) is 5.73 Å². The van der Waals surface area contributed by atoms with Gasteiger partial charge in [-0.3, -0.25) is 4.90 Å². The normalized spacial score (nSPS) is 15.1. The van der Waals surface area contributed by atoms with E-state index in [-0.39, 0.29) is 0 Å². The Balaban J connectivity index is 1.95. The molecule has 4 heteroatoms. The van der Waals surface area contributed by atoms with Crippen molar-refractivity contribution in [2.75, 3.05) is 6.54 Å². The number of hydrogen-bond acceptors (Lipinski definition) is 3. The molecule has 3 nitrogen and oxygen atoms in total. The third-order valence-corrected chi connectivity index (χ3v) is 3.21. The van der Waals surface area contributed by atoms with Crippen molar-refractivity contribution >= 4 is 17.2 Å². The molecule has 0 bridgehead atoms. The largest absolute Gasteiger partial charge is 0.508 e. The topological polar surface area (TPSA) is 49.5 Å². The van der Waals surface area contributed by atoms with Crippen LogP contribution in [0.4, 0.5) is 0 Å². The molecule has 0 aliphatic heterocycles. The van der Waals surface area contributed by atoms with Crippen molar-refractivity contribution in [1.82, 2.24) is 4.90 Å². The van der Waals surface area contributed by atoms with E-state index in [0.717, 1.165) is 25.1 Å². The molecular weight excluding hydrogens is 232 g/mol. The molecule has 0 atom stereocenters. The van der Waals surface area contributed by atoms with Crippen molar-refractivity contribution in [2.45, 2.75) is 31.8 Å². The molecule has 92 valence electrons. The summed E-state index contributed by atoms with van der Waals surface area (Å²) in [5.41, 5.74) is 6.68. The van der Waals surface area contributed by atoms with Gasteiger partial charge in [-0.05, 0) is 30.5 Å². The fraction of sp³-hybridized carbons (Fsp3) is 0.462. The first-order valence-corrected chi connectivity index (χ1v) is 6.36. The SMILES string of the molecule is NC(=S)CCN(Cc1cccc(O)c1)C1CC1. The van der Waals surface area contributed by atoms with Crippen molar-refractivity contribution in [3.63, 3.8) is 0 Å². The number of phenols is 1. The van der Waals surface area contributed by atoms with Crippen LogP contribution in [0.2, 0.25) is 0 Å². The van der Waals surface area contributed by atoms with E-state index in [1.165, 1.54) is 12.8 Å². The summed E-state index contributed by atoms with van der Waals surface area (Å²) in [6.45, 7) is 1.78. The number of hydrogen-bond donors (Lipinski definition) is 2. The van der Waals surface area contributed by atoms with E-state index >= 15 is 0 Å². The average Bonchev–Trinajstić information content (AvgIpc) is 3.07. The van der Waals surface area contributed by atoms with Gasteiger partial charge in [0.1, 0.15) is 5.75 Å². The van der Waals surface area contributed by atoms with Crippen LogP contribution in [0.25, 0.3) is 0 Å². The second-order valence-corrected chi connectivity index (χ2v) is 5.11. The van der Waals surface area contributed by atoms with E-state index in [4.69, 9.17) is 18.0 Å². The Hall–Kier alpha value is -1.13. The van der Waals surface area contributed by atoms with Crippen LogP contribution in [0.5, 0.6) is 5.75 Å². The molecule has 0 heterocycles. The summed E-state index contributed by atoms with van der Waals surface area (Å²) < 4.78 is 0. The first-order valence-electron chi connectivity index (χ1n) is 5.95. The zero-order chi connectivity index (χ0) is 12.3. The number of nitrogens with two attached hydrogens (primary N) is 1. The van der Waals surface area contributed by atoms with Gasteiger partial charge in [0.05, 0.1) is 4.99 Å². The molecule has 0 unspecified atom stereocenters. The lowest BCUT2D eigenvalue weighted by atomic mass is 10.2. The molecule has 1 aliphatic carbocycles. The Kier molecular flexibility index (Phi) is 3.97. The second kappa shape index (κ2) is 5.47. The lowest BCUT2D eigenvalue weighted by molar-refractivity contribution is 0.262. The average molecular weight is 250 g/mol. The van der Waals surface area contributed by atoms with Gasteiger partial charge in [0.2, 0.25) is 0 Å². The minimum atomic E-state index is 0.326. The fourth-order valence-corrected chi connectivity index (χ4v) is 2.06. The number of nitrogens with zero attached hydrogens (tertiary/aromatic N) is 1. The molecule has 1 aliphatic rings. The van der Waals surface area contributed by atoms with Crippen molar-refractivity contribution in [1.29, 1.82) is 0 Å². The smallest absolute Gasteiger partial charge is 0.115 e. The maximum Gasteiger partial charge on any atom is 0.115 e. The maximum absolute atomic E-state index is 9.44. The van der Waals surface area contributed by atoms with Gasteiger partial charge >= 0.3 is 0 Å². The van der Waals surface area contributed by atoms with Crippen LogP contribution in [-0.4, -0.2) is 27.6 Å². The molecule has 1 aromatic rings. The van der Waals surface area contributed by atoms with Crippen LogP contribution in [0, 0.1) is 0 Å². The lowest BCUT2D eigenvalue weighted by Gasteiger charge is -2.21. The highest BCUT2D eigenvalue weighted by molar-refractivity contribution is 7.80. The molecule has 0 radical (unpaired) electrons. The van der Waals surface area contributed by atoms with Gasteiger partial charge in [-0.2, -0.15) is 0 Å². The Morgan fingerprint density at radius 1 is 1.47 bits per heavy atom. The zero-order valence-electron chi connectivity index (χ0n) is 9.80. The number of aromatic hydroxyl groups is 1. The number of benzene rings is 1. The van der Waals surface area contributed by atoms with Crippen LogP contribution in [0.1, 0.15) is 24.8 Å². The molecule has 1 saturated carbocycles. The number of thiocarbonyl (C=S) groups is 1. The zero-order valence-corrected chi connectivity index (χ0v) is 10.6. The molecule has 0 spiro atoms. The summed E-state index contributed by atoms with van der Waals surface area (Å²) in [4.78, 5) is 2.97. The van der Waals surface area contributed by atoms with Gasteiger partial charge in [-0.25, -0.2) is 0 Å². The van der Waals surface area contributed by atoms with Crippen molar-refractivity contribution in [3.8, 4) is 5.75 Å². The Bertz CT molecular complexity index is 404. The maximum atomic E-state index is 9.44. The fourth-order valence-electron chi connectivity index (χ4n) is 1.97. The monoisotopic (exact) mass is 250 g/mol. The predicted molar refractivity (Wildman–Crippen MR) is 72.9 cm³/mol. The molecular formula is C13H18N2OS. The van der Waals surface area contributed by atoms with Crippen LogP contribution in [0.15, 0.2) is 24.3 Å². The van der Waals surface area contributed by atoms with E-state index < -0.39 is 0 Å². The van der Waals surface area contributed by atoms with Crippen LogP contribution in [-0.2, 0) is 6.54 Å². The standard InChI is InChI=1S/C13H18N2OS/c14-13(17)6-7-15(11-4-5-11)9-10-2-1-3-12(16)8-10/h1-3,8,11,16H,4-7,9H2,(H2,14,17). The Morgan fingerprint density at radius 3 is 2.82 bits per heavy atom. The molecule has 0 saturated heterocycles. The summed E-state index contributed by atoms with van der Waals surface area (Å²) >= 11 is 4.92. The number of rotatable bonds is 6. The van der Waals surface area contributed by atoms with Gasteiger partial charge in [0.15, 0.2) is 0 Å². The molecule has 17 heavy (non-hydrogen) atoms. The molecule has 2 rings (SSSR count). The first-order chi connectivity index (χ1) is 8.15. The number of phenolic OH excluding ortho intramolecular Hbond substituents is 1. The van der Waals surface area contributed by atoms with E-state index in [1.54, 1.807) is 6.07 Å². The summed E-state index contributed by atoms with van der Waals surface area (Å²) in [7, 11) is 0. The summed E-state index contributed by atoms with van der Waals surface area (Å²) in [6.07, 6.45) is 3.29. The lowest BCUT2D eigenvalue weighted by Crippen LogP contribution is -2.29. The molecule has 1 aromatic carbocycles. The third kappa shape index (κ3) is 3.98. The highest BCUT2D eigenvalue weighted by Crippen LogP contribution is 2.28. The van der Waals surface area contributed by atoms with Crippen molar-refractivity contribution in [3.05, 3.63) is 29.8 Å². The van der Waals surface area contributed by atoms with Gasteiger partial charge in [-0.1, -0.05) is 24.4 Å². The molecule has 0 amide bonds. The van der Waals surface area contributed by atoms with E-state index in [2.05, 4.69) is 4.90 Å². The van der Waals surface area contributed by atoms with Gasteiger partial charge in [0, 0.05) is 25.6 Å². The Labute approximate surface area is 107 Å². The highest BCUT2D eigenvalue weighted by Gasteiger charge is 2.28. The summed E-state index contributed by atoms with van der Waals surface area (Å²) in [5, 5.41) is 9.44. The summed E-state index contributed by atoms with van der Waals surface area (Å²) in [5.74, 6) is 0.326. The predicted octanol–water partition coefficient (Wildman–Crippen LogP) is 2.03. The van der Waals surface area contributed by atoms with Gasteiger partial charge in [-0.15, -0.1) is 0 Å². The molecule has 3 N–H and O–H groups in total. The summed E-state index contributed by atoms with van der Waals surface area (Å²) in [6, 6.07) is 8.10. The first kappa shape index (κ1) is 12.3. The van der Waals surface area contributed by atoms with Crippen molar-refractivity contribution < 1.29 is 5.11 Å². The molecule has 1 fully saturated rings. The third-order valence-electron chi connectivity index (χ3n) is 3.00. The van der Waals surface area contributed by atoms with Crippen LogP contribution < -0.4 is 5.73 Å². The van der Waals surface area contributed by atoms with E-state index in [9.17, 15) is 5.11 Å². The van der Waals surface area contributed by atoms with Gasteiger partial charge < -0.3 is 10.8 Å². The van der Waals surface area contributed by atoms with Crippen LogP contribution >= 0.6 is 12.2 Å². The Morgan fingerprint density at radius 2 is 2.24 bits per heavy atom. The quantitative estimate of drug-likeness (QED) is 0.759. The van der Waals surface area contributed by atoms with Crippen LogP contribution in [0.3, 0.4) is 0 Å². The second-order valence-electron chi connectivity index (χ2n) is 4.59. The highest BCUT2D eigenvalue weighted by atomic mass is 32.1.